The van der Waals surface area contributed by atoms with E-state index in [0.29, 0.717) is 6.04 Å². The molecule has 1 heterocycles. The minimum Gasteiger partial charge on any atom is -0.493 e. The molecule has 0 saturated carbocycles. The lowest BCUT2D eigenvalue weighted by atomic mass is 10.1. The van der Waals surface area contributed by atoms with E-state index in [1.54, 1.807) is 11.3 Å². The molecule has 1 aromatic heterocycles. The van der Waals surface area contributed by atoms with Gasteiger partial charge in [0.2, 0.25) is 0 Å². The van der Waals surface area contributed by atoms with E-state index in [1.165, 1.54) is 11.1 Å². The zero-order valence-electron chi connectivity index (χ0n) is 11.9. The molecule has 20 heavy (non-hydrogen) atoms. The van der Waals surface area contributed by atoms with Crippen LogP contribution in [-0.4, -0.2) is 6.61 Å². The maximum Gasteiger partial charge on any atom is 0.123 e. The fourth-order valence-corrected chi connectivity index (χ4v) is 3.10. The van der Waals surface area contributed by atoms with E-state index in [-0.39, 0.29) is 0 Å². The van der Waals surface area contributed by atoms with Crippen molar-refractivity contribution in [2.24, 2.45) is 0 Å². The molecule has 1 atom stereocenters. The van der Waals surface area contributed by atoms with E-state index in [0.717, 1.165) is 29.8 Å². The number of nitrogens with one attached hydrogen (secondary N) is 1. The first kappa shape index (κ1) is 15.5. The highest BCUT2D eigenvalue weighted by Gasteiger charge is 2.08. The molecule has 0 aliphatic rings. The number of hydrogen-bond acceptors (Lipinski definition) is 3. The van der Waals surface area contributed by atoms with Gasteiger partial charge in [-0.15, -0.1) is 0 Å². The van der Waals surface area contributed by atoms with Crippen molar-refractivity contribution in [1.29, 1.82) is 0 Å². The van der Waals surface area contributed by atoms with Gasteiger partial charge in [0, 0.05) is 22.6 Å². The van der Waals surface area contributed by atoms with Crippen LogP contribution in [0.2, 0.25) is 0 Å². The zero-order valence-corrected chi connectivity index (χ0v) is 14.3. The van der Waals surface area contributed by atoms with Crippen LogP contribution in [-0.2, 0) is 6.54 Å². The van der Waals surface area contributed by atoms with E-state index in [1.807, 2.05) is 12.1 Å². The number of ether oxygens (including phenoxy) is 1. The molecule has 0 aliphatic heterocycles. The molecule has 2 aromatic rings. The zero-order chi connectivity index (χ0) is 14.4. The second-order valence-corrected chi connectivity index (χ2v) is 6.46. The van der Waals surface area contributed by atoms with Crippen molar-refractivity contribution < 1.29 is 4.74 Å². The maximum atomic E-state index is 5.81. The molecule has 0 amide bonds. The Hall–Kier alpha value is -0.840. The summed E-state index contributed by atoms with van der Waals surface area (Å²) in [5, 5.41) is 7.85. The second-order valence-electron chi connectivity index (χ2n) is 4.76. The van der Waals surface area contributed by atoms with Crippen molar-refractivity contribution in [1.82, 2.24) is 5.32 Å². The number of benzene rings is 1. The van der Waals surface area contributed by atoms with Gasteiger partial charge in [-0.25, -0.2) is 0 Å². The lowest BCUT2D eigenvalue weighted by molar-refractivity contribution is 0.313. The van der Waals surface area contributed by atoms with E-state index in [4.69, 9.17) is 4.74 Å². The van der Waals surface area contributed by atoms with Crippen molar-refractivity contribution in [2.45, 2.75) is 32.9 Å². The van der Waals surface area contributed by atoms with Gasteiger partial charge in [-0.05, 0) is 53.9 Å². The molecule has 0 saturated heterocycles. The molecule has 108 valence electrons. The minimum absolute atomic E-state index is 0.347. The van der Waals surface area contributed by atoms with Gasteiger partial charge in [-0.3, -0.25) is 0 Å². The fourth-order valence-electron chi connectivity index (χ4n) is 1.94. The van der Waals surface area contributed by atoms with Crippen LogP contribution in [0.5, 0.6) is 5.75 Å². The Labute approximate surface area is 133 Å². The van der Waals surface area contributed by atoms with Crippen LogP contribution in [0.4, 0.5) is 0 Å². The highest BCUT2D eigenvalue weighted by atomic mass is 79.9. The van der Waals surface area contributed by atoms with E-state index in [9.17, 15) is 0 Å². The first-order valence-corrected chi connectivity index (χ1v) is 8.61. The quantitative estimate of drug-likeness (QED) is 0.742. The van der Waals surface area contributed by atoms with Gasteiger partial charge in [-0.2, -0.15) is 11.3 Å². The summed E-state index contributed by atoms with van der Waals surface area (Å²) >= 11 is 5.26. The first-order valence-electron chi connectivity index (χ1n) is 6.87. The molecule has 1 N–H and O–H groups in total. The van der Waals surface area contributed by atoms with Crippen molar-refractivity contribution >= 4 is 27.3 Å². The van der Waals surface area contributed by atoms with Gasteiger partial charge in [0.15, 0.2) is 0 Å². The van der Waals surface area contributed by atoms with Crippen molar-refractivity contribution in [3.8, 4) is 5.75 Å². The highest BCUT2D eigenvalue weighted by molar-refractivity contribution is 9.10. The Kier molecular flexibility index (Phi) is 6.07. The molecule has 0 bridgehead atoms. The van der Waals surface area contributed by atoms with Crippen LogP contribution in [0, 0.1) is 0 Å². The minimum atomic E-state index is 0.347. The topological polar surface area (TPSA) is 21.3 Å². The molecule has 0 radical (unpaired) electrons. The van der Waals surface area contributed by atoms with Crippen LogP contribution in [0.1, 0.15) is 37.4 Å². The van der Waals surface area contributed by atoms with Crippen LogP contribution in [0.25, 0.3) is 0 Å². The van der Waals surface area contributed by atoms with Crippen LogP contribution >= 0.6 is 27.3 Å². The second kappa shape index (κ2) is 7.81. The van der Waals surface area contributed by atoms with Crippen LogP contribution < -0.4 is 10.1 Å². The van der Waals surface area contributed by atoms with E-state index >= 15 is 0 Å². The standard InChI is InChI=1S/C16H20BrNOS/c1-3-7-19-16-5-4-15(17)9-14(16)10-18-12(2)13-6-8-20-11-13/h4-6,8-9,11-12,18H,3,7,10H2,1-2H3. The summed E-state index contributed by atoms with van der Waals surface area (Å²) in [6, 6.07) is 8.69. The Morgan fingerprint density at radius 1 is 1.35 bits per heavy atom. The number of halogens is 1. The summed E-state index contributed by atoms with van der Waals surface area (Å²) < 4.78 is 6.89. The third-order valence-corrected chi connectivity index (χ3v) is 4.32. The third-order valence-electron chi connectivity index (χ3n) is 3.13. The predicted molar refractivity (Wildman–Crippen MR) is 89.5 cm³/mol. The van der Waals surface area contributed by atoms with Gasteiger partial charge >= 0.3 is 0 Å². The van der Waals surface area contributed by atoms with Crippen molar-refractivity contribution in [3.63, 3.8) is 0 Å². The lowest BCUT2D eigenvalue weighted by Gasteiger charge is -2.16. The molecular weight excluding hydrogens is 334 g/mol. The summed E-state index contributed by atoms with van der Waals surface area (Å²) in [4.78, 5) is 0. The summed E-state index contributed by atoms with van der Waals surface area (Å²) in [5.41, 5.74) is 2.52. The molecule has 1 aromatic carbocycles. The molecular formula is C16H20BrNOS. The molecule has 0 aliphatic carbocycles. The predicted octanol–water partition coefficient (Wildman–Crippen LogP) is 5.15. The normalized spacial score (nSPS) is 12.3. The Balaban J connectivity index is 2.02. The molecule has 0 fully saturated rings. The highest BCUT2D eigenvalue weighted by Crippen LogP contribution is 2.24. The molecule has 1 unspecified atom stereocenters. The maximum absolute atomic E-state index is 5.81. The smallest absolute Gasteiger partial charge is 0.123 e. The first-order chi connectivity index (χ1) is 9.70. The summed E-state index contributed by atoms with van der Waals surface area (Å²) in [7, 11) is 0. The summed E-state index contributed by atoms with van der Waals surface area (Å²) in [6.07, 6.45) is 1.02. The molecule has 2 nitrogen and oxygen atoms in total. The summed E-state index contributed by atoms with van der Waals surface area (Å²) in [6.45, 7) is 5.87. The van der Waals surface area contributed by atoms with Crippen LogP contribution in [0.3, 0.4) is 0 Å². The van der Waals surface area contributed by atoms with Gasteiger partial charge in [0.25, 0.3) is 0 Å². The average molecular weight is 354 g/mol. The lowest BCUT2D eigenvalue weighted by Crippen LogP contribution is -2.18. The molecule has 2 rings (SSSR count). The van der Waals surface area contributed by atoms with E-state index in [2.05, 4.69) is 58.0 Å². The SMILES string of the molecule is CCCOc1ccc(Br)cc1CNC(C)c1ccsc1. The Morgan fingerprint density at radius 3 is 2.90 bits per heavy atom. The van der Waals surface area contributed by atoms with Crippen molar-refractivity contribution in [3.05, 3.63) is 50.6 Å². The Morgan fingerprint density at radius 2 is 2.20 bits per heavy atom. The third kappa shape index (κ3) is 4.33. The number of rotatable bonds is 7. The monoisotopic (exact) mass is 353 g/mol. The Bertz CT molecular complexity index is 527. The van der Waals surface area contributed by atoms with Gasteiger partial charge < -0.3 is 10.1 Å². The molecule has 0 spiro atoms. The summed E-state index contributed by atoms with van der Waals surface area (Å²) in [5.74, 6) is 0.972. The van der Waals surface area contributed by atoms with Crippen molar-refractivity contribution in [2.75, 3.05) is 6.61 Å². The van der Waals surface area contributed by atoms with Gasteiger partial charge in [0.05, 0.1) is 6.61 Å². The fraction of sp³-hybridized carbons (Fsp3) is 0.375. The molecule has 4 heteroatoms. The van der Waals surface area contributed by atoms with Gasteiger partial charge in [-0.1, -0.05) is 22.9 Å². The van der Waals surface area contributed by atoms with Crippen LogP contribution in [0.15, 0.2) is 39.5 Å². The number of hydrogen-bond donors (Lipinski definition) is 1. The number of thiophene rings is 1. The largest absolute Gasteiger partial charge is 0.493 e. The van der Waals surface area contributed by atoms with E-state index < -0.39 is 0 Å². The van der Waals surface area contributed by atoms with Gasteiger partial charge in [0.1, 0.15) is 5.75 Å². The average Bonchev–Trinajstić information content (AvgIpc) is 2.98.